The number of unbranched alkanes of at least 4 members (excludes halogenated alkanes) is 8. The van der Waals surface area contributed by atoms with Crippen LogP contribution >= 0.6 is 0 Å². The van der Waals surface area contributed by atoms with Crippen LogP contribution in [0, 0.1) is 4.91 Å². The molecule has 0 aliphatic heterocycles. The Morgan fingerprint density at radius 2 is 1.77 bits per heavy atom. The number of ether oxygens (including phenoxy) is 1. The summed E-state index contributed by atoms with van der Waals surface area (Å²) in [5.74, 6) is -0.618. The zero-order chi connectivity index (χ0) is 22.0. The van der Waals surface area contributed by atoms with Gasteiger partial charge in [0.05, 0.1) is 6.54 Å². The van der Waals surface area contributed by atoms with Crippen molar-refractivity contribution in [2.75, 3.05) is 13.2 Å². The second kappa shape index (κ2) is 16.1. The first-order valence-corrected chi connectivity index (χ1v) is 10.7. The van der Waals surface area contributed by atoms with Crippen LogP contribution in [0.3, 0.4) is 0 Å². The standard InChI is InChI=1S/C21H34N3O6/c1-2-3-4-5-6-7-8-9-10-13-20(25)29-18-23-15-11-12-19(17-23)21(26)22-14-16-30-24(27)28/h11-12,15,17H,2-10,13-14,16,18H2,1H3,(H-,22,26,27,28)/q+1/p+1. The molecule has 0 aromatic carbocycles. The Balaban J connectivity index is 2.18. The lowest BCUT2D eigenvalue weighted by molar-refractivity contribution is -0.975. The second-order valence-electron chi connectivity index (χ2n) is 7.16. The van der Waals surface area contributed by atoms with E-state index in [1.165, 1.54) is 38.5 Å². The number of esters is 1. The summed E-state index contributed by atoms with van der Waals surface area (Å²) in [5, 5.41) is 10.2. The maximum atomic E-state index is 12.0. The summed E-state index contributed by atoms with van der Waals surface area (Å²) in [6.07, 6.45) is 14.4. The number of pyridine rings is 1. The smallest absolute Gasteiger partial charge is 0.405 e. The maximum Gasteiger partial charge on any atom is 0.475 e. The average molecular weight is 426 g/mol. The fourth-order valence-electron chi connectivity index (χ4n) is 2.93. The molecule has 0 saturated heterocycles. The Kier molecular flexibility index (Phi) is 13.6. The van der Waals surface area contributed by atoms with Gasteiger partial charge in [-0.2, -0.15) is 9.40 Å². The van der Waals surface area contributed by atoms with Crippen molar-refractivity contribution < 1.29 is 34.0 Å². The number of hydrogen-bond acceptors (Lipinski definition) is 5. The van der Waals surface area contributed by atoms with Gasteiger partial charge in [-0.3, -0.25) is 9.59 Å². The number of nitrogens with one attached hydrogen (secondary N) is 1. The predicted octanol–water partition coefficient (Wildman–Crippen LogP) is 3.23. The molecular weight excluding hydrogens is 390 g/mol. The molecule has 0 aliphatic carbocycles. The molecule has 1 heterocycles. The molecule has 30 heavy (non-hydrogen) atoms. The van der Waals surface area contributed by atoms with Crippen LogP contribution in [0.2, 0.25) is 0 Å². The molecule has 0 radical (unpaired) electrons. The van der Waals surface area contributed by atoms with Crippen molar-refractivity contribution in [2.45, 2.75) is 77.9 Å². The highest BCUT2D eigenvalue weighted by molar-refractivity contribution is 5.93. The Morgan fingerprint density at radius 3 is 2.43 bits per heavy atom. The van der Waals surface area contributed by atoms with Crippen molar-refractivity contribution in [1.82, 2.24) is 5.32 Å². The molecule has 0 saturated carbocycles. The zero-order valence-electron chi connectivity index (χ0n) is 17.9. The van der Waals surface area contributed by atoms with Gasteiger partial charge in [-0.15, -0.1) is 0 Å². The van der Waals surface area contributed by atoms with E-state index < -0.39 is 5.09 Å². The maximum absolute atomic E-state index is 12.0. The van der Waals surface area contributed by atoms with Crippen molar-refractivity contribution in [3.8, 4) is 0 Å². The molecule has 0 bridgehead atoms. The molecule has 9 nitrogen and oxygen atoms in total. The fraction of sp³-hybridized carbons (Fsp3) is 0.667. The molecule has 1 aromatic rings. The third-order valence-electron chi connectivity index (χ3n) is 4.57. The molecule has 0 aliphatic rings. The number of carbonyl (C=O) groups excluding carboxylic acids is 2. The van der Waals surface area contributed by atoms with Crippen LogP contribution in [0.5, 0.6) is 0 Å². The summed E-state index contributed by atoms with van der Waals surface area (Å²) >= 11 is 0. The summed E-state index contributed by atoms with van der Waals surface area (Å²) in [6.45, 7) is 2.15. The van der Waals surface area contributed by atoms with Crippen LogP contribution in [-0.2, 0) is 21.1 Å². The number of aromatic nitrogens is 1. The molecule has 168 valence electrons. The quantitative estimate of drug-likeness (QED) is 0.172. The van der Waals surface area contributed by atoms with Gasteiger partial charge in [-0.05, 0) is 12.5 Å². The Hall–Kier alpha value is -2.71. The lowest BCUT2D eigenvalue weighted by atomic mass is 10.1. The third kappa shape index (κ3) is 12.7. The molecular formula is C21H35N3O6+2. The van der Waals surface area contributed by atoms with Gasteiger partial charge in [0.2, 0.25) is 0 Å². The van der Waals surface area contributed by atoms with Crippen molar-refractivity contribution in [3.05, 3.63) is 35.0 Å². The van der Waals surface area contributed by atoms with Gasteiger partial charge in [0.1, 0.15) is 10.5 Å². The van der Waals surface area contributed by atoms with Crippen LogP contribution in [-0.4, -0.2) is 35.3 Å². The normalized spacial score (nSPS) is 10.4. The fourth-order valence-corrected chi connectivity index (χ4v) is 2.93. The molecule has 1 amide bonds. The molecule has 0 fully saturated rings. The van der Waals surface area contributed by atoms with Gasteiger partial charge in [0.15, 0.2) is 19.0 Å². The van der Waals surface area contributed by atoms with E-state index in [1.807, 2.05) is 0 Å². The largest absolute Gasteiger partial charge is 0.475 e. The van der Waals surface area contributed by atoms with E-state index in [4.69, 9.17) is 9.94 Å². The number of rotatable bonds is 17. The van der Waals surface area contributed by atoms with E-state index in [2.05, 4.69) is 17.1 Å². The second-order valence-corrected chi connectivity index (χ2v) is 7.16. The zero-order valence-corrected chi connectivity index (χ0v) is 17.9. The predicted molar refractivity (Wildman–Crippen MR) is 108 cm³/mol. The molecule has 1 rings (SSSR count). The Bertz CT molecular complexity index is 653. The average Bonchev–Trinajstić information content (AvgIpc) is 2.74. The number of carbonyl (C=O) groups is 2. The minimum Gasteiger partial charge on any atom is -0.405 e. The van der Waals surface area contributed by atoms with Gasteiger partial charge in [-0.1, -0.05) is 58.3 Å². The molecule has 0 spiro atoms. The number of hydrogen-bond donors (Lipinski definition) is 2. The van der Waals surface area contributed by atoms with E-state index in [9.17, 15) is 14.5 Å². The van der Waals surface area contributed by atoms with Crippen molar-refractivity contribution in [3.63, 3.8) is 0 Å². The highest BCUT2D eigenvalue weighted by atomic mass is 16.9. The van der Waals surface area contributed by atoms with E-state index in [0.29, 0.717) is 12.0 Å². The molecule has 0 atom stereocenters. The number of amides is 1. The highest BCUT2D eigenvalue weighted by Crippen LogP contribution is 2.10. The van der Waals surface area contributed by atoms with Gasteiger partial charge >= 0.3 is 11.1 Å². The third-order valence-corrected chi connectivity index (χ3v) is 4.57. The lowest BCUT2D eigenvalue weighted by Gasteiger charge is -2.04. The molecule has 9 heteroatoms. The molecule has 1 aromatic heterocycles. The van der Waals surface area contributed by atoms with E-state index in [1.54, 1.807) is 29.1 Å². The summed E-state index contributed by atoms with van der Waals surface area (Å²) in [7, 11) is 0. The Labute approximate surface area is 177 Å². The summed E-state index contributed by atoms with van der Waals surface area (Å²) in [5.41, 5.74) is 0.371. The summed E-state index contributed by atoms with van der Waals surface area (Å²) in [4.78, 5) is 38.4. The van der Waals surface area contributed by atoms with Crippen LogP contribution < -0.4 is 9.88 Å². The van der Waals surface area contributed by atoms with E-state index in [0.717, 1.165) is 19.3 Å². The highest BCUT2D eigenvalue weighted by Gasteiger charge is 2.13. The van der Waals surface area contributed by atoms with Crippen molar-refractivity contribution in [1.29, 1.82) is 0 Å². The van der Waals surface area contributed by atoms with Crippen LogP contribution in [0.25, 0.3) is 0 Å². The first-order valence-electron chi connectivity index (χ1n) is 10.7. The minimum atomic E-state index is -0.661. The monoisotopic (exact) mass is 425 g/mol. The van der Waals surface area contributed by atoms with Crippen LogP contribution in [0.15, 0.2) is 24.5 Å². The van der Waals surface area contributed by atoms with Crippen LogP contribution in [0.1, 0.15) is 81.5 Å². The summed E-state index contributed by atoms with van der Waals surface area (Å²) in [6, 6.07) is 3.29. The van der Waals surface area contributed by atoms with Gasteiger partial charge in [0.25, 0.3) is 12.6 Å². The first kappa shape index (κ1) is 25.3. The molecule has 0 unspecified atom stereocenters. The lowest BCUT2D eigenvalue weighted by Crippen LogP contribution is -2.37. The SMILES string of the molecule is CCCCCCCCCCCC(=O)OC[n+]1cccc(C(=O)NCCO[N+](=O)O)c1. The van der Waals surface area contributed by atoms with Crippen molar-refractivity contribution in [2.24, 2.45) is 0 Å². The van der Waals surface area contributed by atoms with Gasteiger partial charge in [0, 0.05) is 12.5 Å². The summed E-state index contributed by atoms with van der Waals surface area (Å²) < 4.78 is 6.87. The van der Waals surface area contributed by atoms with Crippen LogP contribution in [0.4, 0.5) is 0 Å². The Morgan fingerprint density at radius 1 is 1.10 bits per heavy atom. The van der Waals surface area contributed by atoms with E-state index >= 15 is 0 Å². The van der Waals surface area contributed by atoms with Crippen molar-refractivity contribution >= 4 is 11.9 Å². The van der Waals surface area contributed by atoms with Gasteiger partial charge < -0.3 is 10.1 Å². The topological polar surface area (TPSA) is 109 Å². The number of nitrogens with zero attached hydrogens (tertiary/aromatic N) is 2. The minimum absolute atomic E-state index is 0.0378. The van der Waals surface area contributed by atoms with E-state index in [-0.39, 0.29) is 31.8 Å². The first-order chi connectivity index (χ1) is 14.5. The molecule has 2 N–H and O–H groups in total. The van der Waals surface area contributed by atoms with Gasteiger partial charge in [-0.25, -0.2) is 5.21 Å².